The number of benzene rings is 18. The van der Waals surface area contributed by atoms with Crippen molar-refractivity contribution < 1.29 is 0 Å². The topological polar surface area (TPSA) is 107 Å². The van der Waals surface area contributed by atoms with Gasteiger partial charge in [0.2, 0.25) is 5.95 Å². The van der Waals surface area contributed by atoms with Gasteiger partial charge in [-0.15, -0.1) is 0 Å². The first kappa shape index (κ1) is 78.5. The zero-order chi connectivity index (χ0) is 89.7. The molecule has 12 nitrogen and oxygen atoms in total. The van der Waals surface area contributed by atoms with Crippen LogP contribution in [0.3, 0.4) is 0 Å². The van der Waals surface area contributed by atoms with Crippen molar-refractivity contribution in [3.63, 3.8) is 0 Å². The van der Waals surface area contributed by atoms with Crippen molar-refractivity contribution >= 4 is 142 Å². The molecule has 18 aromatic carbocycles. The summed E-state index contributed by atoms with van der Waals surface area (Å²) in [6.07, 6.45) is 12.0. The van der Waals surface area contributed by atoms with Crippen LogP contribution in [0.15, 0.2) is 486 Å². The van der Waals surface area contributed by atoms with Crippen LogP contribution in [-0.4, -0.2) is 57.3 Å². The summed E-state index contributed by atoms with van der Waals surface area (Å²) < 4.78 is 13.9. The molecule has 136 heavy (non-hydrogen) atoms. The largest absolute Gasteiger partial charge is 0.309 e. The monoisotopic (exact) mass is 1740 g/mol. The lowest BCUT2D eigenvalue weighted by molar-refractivity contribution is 0.953. The van der Waals surface area contributed by atoms with Crippen LogP contribution >= 0.6 is 0 Å². The predicted octanol–water partition coefficient (Wildman–Crippen LogP) is 31.2. The normalized spacial score (nSPS) is 11.7. The van der Waals surface area contributed by atoms with Crippen LogP contribution in [0.2, 0.25) is 0 Å². The van der Waals surface area contributed by atoms with E-state index < -0.39 is 0 Å². The Kier molecular flexibility index (Phi) is 19.0. The molecule has 0 spiro atoms. The van der Waals surface area contributed by atoms with Crippen molar-refractivity contribution in [2.45, 2.75) is 0 Å². The van der Waals surface area contributed by atoms with Gasteiger partial charge in [-0.05, 0) is 172 Å². The van der Waals surface area contributed by atoms with Crippen molar-refractivity contribution in [3.8, 4) is 102 Å². The van der Waals surface area contributed by atoms with Gasteiger partial charge in [-0.25, -0.2) is 4.98 Å². The molecule has 0 atom stereocenters. The van der Waals surface area contributed by atoms with Gasteiger partial charge >= 0.3 is 0 Å². The molecule has 0 bridgehead atoms. The van der Waals surface area contributed by atoms with Crippen LogP contribution in [0.4, 0.5) is 0 Å². The van der Waals surface area contributed by atoms with Gasteiger partial charge in [0.25, 0.3) is 0 Å². The second kappa shape index (κ2) is 32.8. The molecule has 0 unspecified atom stereocenters. The maximum absolute atomic E-state index is 5.09. The van der Waals surface area contributed by atoms with Gasteiger partial charge in [-0.1, -0.05) is 315 Å². The van der Waals surface area contributed by atoms with Crippen molar-refractivity contribution in [1.29, 1.82) is 0 Å². The molecule has 28 rings (SSSR count). The smallest absolute Gasteiger partial charge is 0.238 e. The fraction of sp³-hybridized carbons (Fsp3) is 0. The van der Waals surface area contributed by atoms with Crippen LogP contribution in [0, 0.1) is 0 Å². The Balaban J connectivity index is 0.000000106. The van der Waals surface area contributed by atoms with E-state index >= 15 is 0 Å². The molecule has 12 heteroatoms. The Hall–Kier alpha value is -18.5. The molecule has 10 aromatic heterocycles. The van der Waals surface area contributed by atoms with Crippen molar-refractivity contribution in [2.75, 3.05) is 0 Å². The molecule has 636 valence electrons. The summed E-state index contributed by atoms with van der Waals surface area (Å²) in [5.41, 5.74) is 30.4. The van der Waals surface area contributed by atoms with Crippen molar-refractivity contribution in [3.05, 3.63) is 486 Å². The highest BCUT2D eigenvalue weighted by Crippen LogP contribution is 2.47. The average molecular weight is 1740 g/mol. The van der Waals surface area contributed by atoms with E-state index in [1.807, 2.05) is 97.8 Å². The first-order valence-electron chi connectivity index (χ1n) is 45.9. The quantitative estimate of drug-likeness (QED) is 0.121. The lowest BCUT2D eigenvalue weighted by atomic mass is 9.99. The molecular formula is C124H80N12. The summed E-state index contributed by atoms with van der Waals surface area (Å²) in [4.78, 5) is 29.4. The number of para-hydroxylation sites is 9. The van der Waals surface area contributed by atoms with Gasteiger partial charge in [0.15, 0.2) is 11.6 Å². The molecule has 28 aromatic rings. The van der Waals surface area contributed by atoms with Gasteiger partial charge in [0.1, 0.15) is 0 Å². The zero-order valence-electron chi connectivity index (χ0n) is 73.6. The minimum atomic E-state index is 0.575. The summed E-state index contributed by atoms with van der Waals surface area (Å²) in [5.74, 6) is 1.83. The summed E-state index contributed by atoms with van der Waals surface area (Å²) in [7, 11) is 0. The maximum Gasteiger partial charge on any atom is 0.238 e. The lowest BCUT2D eigenvalue weighted by Gasteiger charge is -2.11. The molecule has 0 aliphatic rings. The molecule has 0 radical (unpaired) electrons. The summed E-state index contributed by atoms with van der Waals surface area (Å²) in [6, 6.07) is 159. The number of hydrogen-bond acceptors (Lipinski definition) is 6. The van der Waals surface area contributed by atoms with Gasteiger partial charge < -0.3 is 22.8 Å². The minimum Gasteiger partial charge on any atom is -0.309 e. The number of aromatic nitrogens is 12. The molecular weight excluding hydrogens is 1660 g/mol. The van der Waals surface area contributed by atoms with E-state index in [2.05, 4.69) is 416 Å². The Bertz CT molecular complexity index is 9470. The second-order valence-electron chi connectivity index (χ2n) is 34.5. The molecule has 10 heterocycles. The van der Waals surface area contributed by atoms with Gasteiger partial charge in [0.05, 0.1) is 84.8 Å². The van der Waals surface area contributed by atoms with E-state index in [0.29, 0.717) is 17.6 Å². The van der Waals surface area contributed by atoms with Crippen LogP contribution in [0.1, 0.15) is 0 Å². The number of hydrogen-bond donors (Lipinski definition) is 0. The third-order valence-electron chi connectivity index (χ3n) is 26.8. The number of nitrogens with zero attached hydrogens (tertiary/aromatic N) is 12. The number of rotatable bonds is 12. The second-order valence-corrected chi connectivity index (χ2v) is 34.5. The first-order valence-corrected chi connectivity index (χ1v) is 45.9. The molecule has 0 amide bonds. The molecule has 0 saturated carbocycles. The molecule has 0 aliphatic carbocycles. The number of fused-ring (bicyclic) bond motifs is 19. The average Bonchev–Trinajstić information content (AvgIpc) is 1.58. The maximum atomic E-state index is 5.09. The van der Waals surface area contributed by atoms with Crippen LogP contribution in [0.5, 0.6) is 0 Å². The molecule has 0 fully saturated rings. The molecule has 0 aliphatic heterocycles. The minimum absolute atomic E-state index is 0.575. The fourth-order valence-corrected chi connectivity index (χ4v) is 20.8. The first-order chi connectivity index (χ1) is 67.5. The van der Waals surface area contributed by atoms with E-state index in [4.69, 9.17) is 29.9 Å². The highest BCUT2D eigenvalue weighted by Gasteiger charge is 2.26. The molecule has 0 N–H and O–H groups in total. The van der Waals surface area contributed by atoms with E-state index in [9.17, 15) is 0 Å². The Morgan fingerprint density at radius 3 is 0.801 bits per heavy atom. The summed E-state index contributed by atoms with van der Waals surface area (Å²) >= 11 is 0. The lowest BCUT2D eigenvalue weighted by Crippen LogP contribution is -2.06. The van der Waals surface area contributed by atoms with Gasteiger partial charge in [0, 0.05) is 139 Å². The van der Waals surface area contributed by atoms with Crippen LogP contribution in [0.25, 0.3) is 243 Å². The SMILES string of the molecule is c1ccc(-c2ccc(-n3c4ccccc4c4cc(-c5cncc6c5c5ccccc5n6-c5ccccc5)ccc43)cc2)cc1.c1ccc(-c2nc(-c3ccccc3)nc(-n3c4ccccc4c4cc(-c5cncc6c5c5ccccc5n6-c5ccccc5)ccc43)n2)cc1.c1ccc(-n2c3ccccc3c3c(-c4ccc5c(c4)c4ccccc4n5-c4ccc5ccccc5c4)cncc32)cc1. The number of pyridine rings is 3. The van der Waals surface area contributed by atoms with Gasteiger partial charge in [-0.3, -0.25) is 19.5 Å². The standard InChI is InChI=1S/C44H28N6.C41H27N3.C39H25N3/c1-4-14-29(15-5-1)42-46-43(30-16-6-2-7-17-30)48-44(47-42)50-37-22-12-10-20-33(37)35-26-31(24-25-39(35)50)36-27-45-28-40-41(36)34-21-11-13-23-38(34)49(40)32-18-8-3-9-19-32;1-3-11-28(12-4-1)29-19-22-32(23-20-29)43-37-17-9-7-15-33(37)35-25-30(21-24-39(35)43)36-26-42-27-40-41(36)34-16-8-10-18-38(34)44(40)31-13-5-2-6-14-31;1-2-12-29(13-3-1)41-36-17-9-7-15-32(36)39-34(24-40-25-38(39)41)28-19-21-37-33(23-28)31-14-6-8-16-35(31)42(37)30-20-18-26-10-4-5-11-27(26)22-30/h1-28H;1-27H;1-25H. The van der Waals surface area contributed by atoms with E-state index in [1.165, 1.54) is 115 Å². The predicted molar refractivity (Wildman–Crippen MR) is 562 cm³/mol. The van der Waals surface area contributed by atoms with Crippen molar-refractivity contribution in [2.24, 2.45) is 0 Å². The van der Waals surface area contributed by atoms with Gasteiger partial charge in [-0.2, -0.15) is 9.97 Å². The summed E-state index contributed by atoms with van der Waals surface area (Å²) in [6.45, 7) is 0. The van der Waals surface area contributed by atoms with Crippen LogP contribution < -0.4 is 0 Å². The summed E-state index contributed by atoms with van der Waals surface area (Å²) in [5, 5.41) is 17.0. The van der Waals surface area contributed by atoms with E-state index in [0.717, 1.165) is 111 Å². The molecule has 0 saturated heterocycles. The zero-order valence-corrected chi connectivity index (χ0v) is 73.6. The van der Waals surface area contributed by atoms with Crippen molar-refractivity contribution in [1.82, 2.24) is 57.3 Å². The Morgan fingerprint density at radius 2 is 0.412 bits per heavy atom. The Morgan fingerprint density at radius 1 is 0.147 bits per heavy atom. The fourth-order valence-electron chi connectivity index (χ4n) is 20.8. The highest BCUT2D eigenvalue weighted by molar-refractivity contribution is 6.21. The third-order valence-corrected chi connectivity index (χ3v) is 26.8. The van der Waals surface area contributed by atoms with E-state index in [1.54, 1.807) is 0 Å². The highest BCUT2D eigenvalue weighted by atomic mass is 15.2. The van der Waals surface area contributed by atoms with E-state index in [-0.39, 0.29) is 0 Å². The third kappa shape index (κ3) is 13.2. The van der Waals surface area contributed by atoms with Crippen LogP contribution in [-0.2, 0) is 0 Å². The Labute approximate surface area is 781 Å².